The van der Waals surface area contributed by atoms with Crippen molar-refractivity contribution in [1.29, 1.82) is 0 Å². The van der Waals surface area contributed by atoms with Gasteiger partial charge in [0.15, 0.2) is 0 Å². The number of rotatable bonds is 43. The largest absolute Gasteiger partial charge is 0.472 e. The Hall–Kier alpha value is -2.62. The van der Waals surface area contributed by atoms with Crippen molar-refractivity contribution >= 4 is 13.8 Å². The van der Waals surface area contributed by atoms with Crippen LogP contribution in [0.25, 0.3) is 0 Å². The highest BCUT2D eigenvalue weighted by molar-refractivity contribution is 7.47. The molecule has 0 radical (unpaired) electrons. The summed E-state index contributed by atoms with van der Waals surface area (Å²) in [6.07, 6.45) is 57.9. The van der Waals surface area contributed by atoms with Gasteiger partial charge in [-0.05, 0) is 96.3 Å². The molecule has 0 bridgehead atoms. The Balaban J connectivity index is 4.25. The number of aliphatic hydroxyl groups is 2. The fraction of sp³-hybridized carbons (Fsp3) is 0.660. The summed E-state index contributed by atoms with van der Waals surface area (Å²) in [5.74, 6) is -0.409. The molecule has 10 heteroatoms. The highest BCUT2D eigenvalue weighted by Gasteiger charge is 2.26. The Morgan fingerprint density at radius 3 is 1.43 bits per heavy atom. The molecule has 9 nitrogen and oxygen atoms in total. The first-order valence-electron chi connectivity index (χ1n) is 23.2. The highest BCUT2D eigenvalue weighted by atomic mass is 31.2. The molecule has 60 heavy (non-hydrogen) atoms. The summed E-state index contributed by atoms with van der Waals surface area (Å²) in [4.78, 5) is 22.6. The normalized spacial score (nSPS) is 14.8. The third kappa shape index (κ3) is 44.9. The molecule has 0 saturated heterocycles. The Bertz CT molecular complexity index is 1250. The first-order valence-corrected chi connectivity index (χ1v) is 24.7. The molecule has 0 heterocycles. The van der Waals surface area contributed by atoms with Crippen LogP contribution in [0.5, 0.6) is 0 Å². The fourth-order valence-corrected chi connectivity index (χ4v) is 6.53. The van der Waals surface area contributed by atoms with Crippen LogP contribution in [0.1, 0.15) is 168 Å². The average Bonchev–Trinajstić information content (AvgIpc) is 3.24. The van der Waals surface area contributed by atoms with E-state index in [2.05, 4.69) is 111 Å². The monoisotopic (exact) mass is 861 g/mol. The van der Waals surface area contributed by atoms with Gasteiger partial charge in [0, 0.05) is 13.0 Å². The molecule has 3 atom stereocenters. The minimum absolute atomic E-state index is 0.0202. The van der Waals surface area contributed by atoms with E-state index in [0.29, 0.717) is 13.0 Å². The number of carbonyl (C=O) groups is 1. The third-order valence-electron chi connectivity index (χ3n) is 9.25. The van der Waals surface area contributed by atoms with Gasteiger partial charge in [-0.15, -0.1) is 0 Å². The number of aliphatic hydroxyl groups excluding tert-OH is 2. The van der Waals surface area contributed by atoms with E-state index in [1.165, 1.54) is 25.7 Å². The molecule has 0 fully saturated rings. The SMILES string of the molecule is CC/C=C\C/C=C\C/C=C\C/C=C\C/C=C\CCCCCCOCC(COP(=O)(O)OCC(O)CO)OC(=O)CCCCCCCC/C=C\C/C=C\C/C=C\CCCCC. The number of hydrogen-bond acceptors (Lipinski definition) is 8. The molecule has 0 aromatic carbocycles. The molecular weight excluding hydrogens is 776 g/mol. The summed E-state index contributed by atoms with van der Waals surface area (Å²) in [5, 5.41) is 18.4. The van der Waals surface area contributed by atoms with Crippen molar-refractivity contribution in [1.82, 2.24) is 0 Å². The Morgan fingerprint density at radius 1 is 0.533 bits per heavy atom. The number of hydrogen-bond donors (Lipinski definition) is 3. The van der Waals surface area contributed by atoms with Gasteiger partial charge >= 0.3 is 13.8 Å². The molecular formula is C50H85O9P. The van der Waals surface area contributed by atoms with Crippen molar-refractivity contribution in [3.63, 3.8) is 0 Å². The second-order valence-electron chi connectivity index (χ2n) is 15.0. The molecule has 0 aliphatic rings. The van der Waals surface area contributed by atoms with Crippen LogP contribution in [0.15, 0.2) is 97.2 Å². The lowest BCUT2D eigenvalue weighted by Crippen LogP contribution is -2.29. The number of allylic oxidation sites excluding steroid dienone is 16. The minimum Gasteiger partial charge on any atom is -0.457 e. The number of esters is 1. The first-order chi connectivity index (χ1) is 29.3. The number of ether oxygens (including phenoxy) is 2. The summed E-state index contributed by atoms with van der Waals surface area (Å²) in [7, 11) is -4.54. The summed E-state index contributed by atoms with van der Waals surface area (Å²) < 4.78 is 33.4. The molecule has 0 saturated carbocycles. The standard InChI is InChI=1S/C50H85O9P/c1-3-5-7-9-11-13-15-17-19-21-23-25-27-29-31-33-35-37-39-41-43-56-46-49(47-58-60(54,55)57-45-48(52)44-51)59-50(53)42-40-38-36-34-32-30-28-26-24-22-20-18-16-14-12-10-8-6-4-2/h5,7,11-14,17-20,23-26,29,31,48-49,51-52H,3-4,6,8-10,15-16,21-22,27-28,30,32-47H2,1-2H3,(H,54,55)/b7-5-,13-11-,14-12-,19-17-,20-18-,25-23-,26-24-,31-29-. The van der Waals surface area contributed by atoms with Gasteiger partial charge in [0.25, 0.3) is 0 Å². The molecule has 0 aromatic heterocycles. The van der Waals surface area contributed by atoms with E-state index in [1.54, 1.807) is 0 Å². The molecule has 3 N–H and O–H groups in total. The summed E-state index contributed by atoms with van der Waals surface area (Å²) in [6, 6.07) is 0. The van der Waals surface area contributed by atoms with Crippen molar-refractivity contribution in [2.24, 2.45) is 0 Å². The topological polar surface area (TPSA) is 132 Å². The van der Waals surface area contributed by atoms with Gasteiger partial charge in [0.1, 0.15) is 12.2 Å². The quantitative estimate of drug-likeness (QED) is 0.0237. The van der Waals surface area contributed by atoms with Crippen molar-refractivity contribution in [3.05, 3.63) is 97.2 Å². The van der Waals surface area contributed by atoms with Gasteiger partial charge in [-0.3, -0.25) is 13.8 Å². The predicted molar refractivity (Wildman–Crippen MR) is 251 cm³/mol. The highest BCUT2D eigenvalue weighted by Crippen LogP contribution is 2.43. The van der Waals surface area contributed by atoms with E-state index >= 15 is 0 Å². The summed E-state index contributed by atoms with van der Waals surface area (Å²) in [6.45, 7) is 3.27. The average molecular weight is 861 g/mol. The Kier molecular flexibility index (Phi) is 43.9. The van der Waals surface area contributed by atoms with Crippen LogP contribution in [-0.4, -0.2) is 66.3 Å². The van der Waals surface area contributed by atoms with Gasteiger partial charge in [-0.2, -0.15) is 0 Å². The molecule has 0 aliphatic heterocycles. The Morgan fingerprint density at radius 2 is 0.950 bits per heavy atom. The van der Waals surface area contributed by atoms with Gasteiger partial charge in [0.2, 0.25) is 0 Å². The third-order valence-corrected chi connectivity index (χ3v) is 10.2. The van der Waals surface area contributed by atoms with E-state index in [9.17, 15) is 19.4 Å². The molecule has 0 aromatic rings. The minimum atomic E-state index is -4.54. The van der Waals surface area contributed by atoms with Gasteiger partial charge in [-0.1, -0.05) is 162 Å². The van der Waals surface area contributed by atoms with E-state index in [-0.39, 0.29) is 13.0 Å². The first kappa shape index (κ1) is 57.4. The summed E-state index contributed by atoms with van der Waals surface area (Å²) >= 11 is 0. The molecule has 0 spiro atoms. The maximum atomic E-state index is 12.6. The zero-order chi connectivity index (χ0) is 43.9. The molecule has 0 aliphatic carbocycles. The maximum Gasteiger partial charge on any atom is 0.472 e. The number of phosphoric ester groups is 1. The van der Waals surface area contributed by atoms with Crippen molar-refractivity contribution in [2.45, 2.75) is 180 Å². The van der Waals surface area contributed by atoms with E-state index < -0.39 is 45.8 Å². The lowest BCUT2D eigenvalue weighted by Gasteiger charge is -2.20. The van der Waals surface area contributed by atoms with Crippen LogP contribution in [0.4, 0.5) is 0 Å². The molecule has 0 rings (SSSR count). The van der Waals surface area contributed by atoms with Crippen LogP contribution in [0.2, 0.25) is 0 Å². The number of carbonyl (C=O) groups excluding carboxylic acids is 1. The maximum absolute atomic E-state index is 12.6. The lowest BCUT2D eigenvalue weighted by molar-refractivity contribution is -0.154. The van der Waals surface area contributed by atoms with E-state index in [4.69, 9.17) is 23.6 Å². The van der Waals surface area contributed by atoms with Crippen molar-refractivity contribution in [3.8, 4) is 0 Å². The van der Waals surface area contributed by atoms with Crippen LogP contribution in [0.3, 0.4) is 0 Å². The van der Waals surface area contributed by atoms with E-state index in [0.717, 1.165) is 116 Å². The van der Waals surface area contributed by atoms with Crippen LogP contribution >= 0.6 is 7.82 Å². The zero-order valence-corrected chi connectivity index (χ0v) is 38.5. The van der Waals surface area contributed by atoms with Gasteiger partial charge in [0.05, 0.1) is 26.4 Å². The van der Waals surface area contributed by atoms with E-state index in [1.807, 2.05) is 0 Å². The van der Waals surface area contributed by atoms with Crippen LogP contribution in [-0.2, 0) is 27.9 Å². The second kappa shape index (κ2) is 45.9. The van der Waals surface area contributed by atoms with Crippen molar-refractivity contribution in [2.75, 3.05) is 33.0 Å². The van der Waals surface area contributed by atoms with Gasteiger partial charge < -0.3 is 24.6 Å². The molecule has 0 amide bonds. The lowest BCUT2D eigenvalue weighted by atomic mass is 10.1. The van der Waals surface area contributed by atoms with Crippen LogP contribution in [0, 0.1) is 0 Å². The fourth-order valence-electron chi connectivity index (χ4n) is 5.74. The zero-order valence-electron chi connectivity index (χ0n) is 37.6. The Labute approximate surface area is 366 Å². The number of unbranched alkanes of at least 4 members (excludes halogenated alkanes) is 13. The van der Waals surface area contributed by atoms with Crippen LogP contribution < -0.4 is 0 Å². The predicted octanol–water partition coefficient (Wildman–Crippen LogP) is 13.3. The van der Waals surface area contributed by atoms with Crippen molar-refractivity contribution < 1.29 is 43.0 Å². The smallest absolute Gasteiger partial charge is 0.457 e. The number of phosphoric acid groups is 1. The van der Waals surface area contributed by atoms with Gasteiger partial charge in [-0.25, -0.2) is 4.57 Å². The molecule has 344 valence electrons. The molecule has 3 unspecified atom stereocenters. The second-order valence-corrected chi connectivity index (χ2v) is 16.5. The summed E-state index contributed by atoms with van der Waals surface area (Å²) in [5.41, 5.74) is 0.